The number of rotatable bonds is 6. The van der Waals surface area contributed by atoms with Gasteiger partial charge in [0.1, 0.15) is 6.04 Å². The minimum absolute atomic E-state index is 0.0349. The molecule has 0 saturated heterocycles. The van der Waals surface area contributed by atoms with E-state index < -0.39 is 18.0 Å². The number of halogens is 1. The van der Waals surface area contributed by atoms with Crippen molar-refractivity contribution in [1.82, 2.24) is 5.32 Å². The molecule has 0 saturated carbocycles. The summed E-state index contributed by atoms with van der Waals surface area (Å²) in [7, 11) is 2.61. The third-order valence-corrected chi connectivity index (χ3v) is 3.09. The van der Waals surface area contributed by atoms with E-state index >= 15 is 0 Å². The first kappa shape index (κ1) is 15.7. The average Bonchev–Trinajstić information content (AvgIpc) is 2.44. The molecule has 6 heteroatoms. The Balaban J connectivity index is 2.66. The first-order valence-electron chi connectivity index (χ1n) is 5.69. The average molecular weight is 330 g/mol. The van der Waals surface area contributed by atoms with Crippen LogP contribution in [0.3, 0.4) is 0 Å². The number of carbonyl (C=O) groups is 2. The zero-order valence-electron chi connectivity index (χ0n) is 10.8. The summed E-state index contributed by atoms with van der Waals surface area (Å²) in [6, 6.07) is 7.01. The molecule has 104 valence electrons. The van der Waals surface area contributed by atoms with Gasteiger partial charge in [0.05, 0.1) is 20.8 Å². The molecule has 5 nitrogen and oxygen atoms in total. The first-order chi connectivity index (χ1) is 9.06. The predicted molar refractivity (Wildman–Crippen MR) is 73.7 cm³/mol. The van der Waals surface area contributed by atoms with Gasteiger partial charge in [-0.05, 0) is 24.1 Å². The van der Waals surface area contributed by atoms with Crippen LogP contribution >= 0.6 is 15.9 Å². The maximum absolute atomic E-state index is 11.6. The van der Waals surface area contributed by atoms with Gasteiger partial charge in [0.2, 0.25) is 0 Å². The summed E-state index contributed by atoms with van der Waals surface area (Å²) in [5.41, 5.74) is 0.968. The fraction of sp³-hybridized carbons (Fsp3) is 0.385. The molecule has 1 atom stereocenters. The Hall–Kier alpha value is -1.40. The SMILES string of the molecule is COC(=O)CN[C@@H](Cc1ccc(Br)cc1)C(=O)OC. The van der Waals surface area contributed by atoms with Crippen LogP contribution in [0.15, 0.2) is 28.7 Å². The van der Waals surface area contributed by atoms with Crippen molar-refractivity contribution in [1.29, 1.82) is 0 Å². The molecule has 0 aliphatic rings. The second kappa shape index (κ2) is 7.91. The lowest BCUT2D eigenvalue weighted by Crippen LogP contribution is -2.42. The number of hydrogen-bond donors (Lipinski definition) is 1. The second-order valence-corrected chi connectivity index (χ2v) is 4.78. The molecule has 0 amide bonds. The number of methoxy groups -OCH3 is 2. The summed E-state index contributed by atoms with van der Waals surface area (Å²) in [5, 5.41) is 2.82. The van der Waals surface area contributed by atoms with Crippen molar-refractivity contribution in [2.75, 3.05) is 20.8 Å². The van der Waals surface area contributed by atoms with Gasteiger partial charge in [-0.2, -0.15) is 0 Å². The van der Waals surface area contributed by atoms with Gasteiger partial charge in [0, 0.05) is 4.47 Å². The number of benzene rings is 1. The fourth-order valence-corrected chi connectivity index (χ4v) is 1.78. The third-order valence-electron chi connectivity index (χ3n) is 2.56. The minimum atomic E-state index is -0.578. The molecular formula is C13H16BrNO4. The van der Waals surface area contributed by atoms with Crippen molar-refractivity contribution in [3.8, 4) is 0 Å². The van der Waals surface area contributed by atoms with Gasteiger partial charge in [0.15, 0.2) is 0 Å². The Morgan fingerprint density at radius 3 is 2.37 bits per heavy atom. The maximum atomic E-state index is 11.6. The van der Waals surface area contributed by atoms with Crippen LogP contribution in [0.2, 0.25) is 0 Å². The molecule has 1 N–H and O–H groups in total. The van der Waals surface area contributed by atoms with Gasteiger partial charge in [-0.1, -0.05) is 28.1 Å². The third kappa shape index (κ3) is 5.40. The largest absolute Gasteiger partial charge is 0.468 e. The fourth-order valence-electron chi connectivity index (χ4n) is 1.52. The highest BCUT2D eigenvalue weighted by atomic mass is 79.9. The van der Waals surface area contributed by atoms with E-state index in [1.807, 2.05) is 24.3 Å². The molecule has 1 rings (SSSR count). The second-order valence-electron chi connectivity index (χ2n) is 3.86. The van der Waals surface area contributed by atoms with Gasteiger partial charge < -0.3 is 9.47 Å². The van der Waals surface area contributed by atoms with Gasteiger partial charge in [-0.25, -0.2) is 0 Å². The van der Waals surface area contributed by atoms with Crippen molar-refractivity contribution < 1.29 is 19.1 Å². The molecule has 1 aromatic rings. The summed E-state index contributed by atoms with van der Waals surface area (Å²) in [6.07, 6.45) is 0.441. The Morgan fingerprint density at radius 2 is 1.84 bits per heavy atom. The van der Waals surface area contributed by atoms with Crippen LogP contribution in [-0.4, -0.2) is 38.7 Å². The summed E-state index contributed by atoms with van der Waals surface area (Å²) in [6.45, 7) is -0.0349. The van der Waals surface area contributed by atoms with Crippen LogP contribution in [-0.2, 0) is 25.5 Å². The van der Waals surface area contributed by atoms with Gasteiger partial charge in [0.25, 0.3) is 0 Å². The molecule has 0 unspecified atom stereocenters. The van der Waals surface area contributed by atoms with Crippen LogP contribution in [0.1, 0.15) is 5.56 Å². The number of hydrogen-bond acceptors (Lipinski definition) is 5. The maximum Gasteiger partial charge on any atom is 0.323 e. The Bertz CT molecular complexity index is 433. The number of esters is 2. The van der Waals surface area contributed by atoms with Crippen LogP contribution in [0.4, 0.5) is 0 Å². The molecule has 0 fully saturated rings. The van der Waals surface area contributed by atoms with Crippen LogP contribution in [0, 0.1) is 0 Å². The predicted octanol–water partition coefficient (Wildman–Crippen LogP) is 1.30. The molecule has 0 spiro atoms. The highest BCUT2D eigenvalue weighted by Crippen LogP contribution is 2.12. The Labute approximate surface area is 120 Å². The van der Waals surface area contributed by atoms with Crippen molar-refractivity contribution in [2.45, 2.75) is 12.5 Å². The molecule has 1 aromatic carbocycles. The molecule has 0 bridgehead atoms. The highest BCUT2D eigenvalue weighted by molar-refractivity contribution is 9.10. The smallest absolute Gasteiger partial charge is 0.323 e. The lowest BCUT2D eigenvalue weighted by Gasteiger charge is -2.15. The molecule has 0 aliphatic heterocycles. The van der Waals surface area contributed by atoms with E-state index in [1.165, 1.54) is 14.2 Å². The zero-order chi connectivity index (χ0) is 14.3. The summed E-state index contributed by atoms with van der Waals surface area (Å²) < 4.78 is 10.2. The topological polar surface area (TPSA) is 64.6 Å². The van der Waals surface area contributed by atoms with Gasteiger partial charge in [-0.3, -0.25) is 14.9 Å². The monoisotopic (exact) mass is 329 g/mol. The van der Waals surface area contributed by atoms with Crippen molar-refractivity contribution >= 4 is 27.9 Å². The van der Waals surface area contributed by atoms with E-state index in [9.17, 15) is 9.59 Å². The van der Waals surface area contributed by atoms with E-state index in [0.717, 1.165) is 10.0 Å². The molecule has 0 heterocycles. The number of nitrogens with one attached hydrogen (secondary N) is 1. The molecule has 0 aliphatic carbocycles. The molecule has 0 aromatic heterocycles. The lowest BCUT2D eigenvalue weighted by molar-refractivity contribution is -0.144. The van der Waals surface area contributed by atoms with Crippen molar-refractivity contribution in [3.63, 3.8) is 0 Å². The quantitative estimate of drug-likeness (QED) is 0.797. The van der Waals surface area contributed by atoms with E-state index in [2.05, 4.69) is 26.0 Å². The Morgan fingerprint density at radius 1 is 1.21 bits per heavy atom. The number of carbonyl (C=O) groups excluding carboxylic acids is 2. The standard InChI is InChI=1S/C13H16BrNO4/c1-18-12(16)8-15-11(13(17)19-2)7-9-3-5-10(14)6-4-9/h3-6,11,15H,7-8H2,1-2H3/t11-/m0/s1. The molecule has 19 heavy (non-hydrogen) atoms. The van der Waals surface area contributed by atoms with E-state index in [4.69, 9.17) is 4.74 Å². The van der Waals surface area contributed by atoms with Gasteiger partial charge in [-0.15, -0.1) is 0 Å². The highest BCUT2D eigenvalue weighted by Gasteiger charge is 2.20. The summed E-state index contributed by atoms with van der Waals surface area (Å²) in [4.78, 5) is 22.7. The van der Waals surface area contributed by atoms with Crippen LogP contribution < -0.4 is 5.32 Å². The zero-order valence-corrected chi connectivity index (χ0v) is 12.4. The Kier molecular flexibility index (Phi) is 6.52. The van der Waals surface area contributed by atoms with E-state index in [1.54, 1.807) is 0 Å². The van der Waals surface area contributed by atoms with E-state index in [0.29, 0.717) is 6.42 Å². The van der Waals surface area contributed by atoms with Crippen molar-refractivity contribution in [3.05, 3.63) is 34.3 Å². The van der Waals surface area contributed by atoms with E-state index in [-0.39, 0.29) is 6.54 Å². The van der Waals surface area contributed by atoms with Gasteiger partial charge >= 0.3 is 11.9 Å². The molecule has 0 radical (unpaired) electrons. The van der Waals surface area contributed by atoms with Crippen molar-refractivity contribution in [2.24, 2.45) is 0 Å². The number of ether oxygens (including phenoxy) is 2. The summed E-state index contributed by atoms with van der Waals surface area (Å²) in [5.74, 6) is -0.837. The van der Waals surface area contributed by atoms with Crippen LogP contribution in [0.25, 0.3) is 0 Å². The minimum Gasteiger partial charge on any atom is -0.468 e. The summed E-state index contributed by atoms with van der Waals surface area (Å²) >= 11 is 3.34. The molecular weight excluding hydrogens is 314 g/mol. The first-order valence-corrected chi connectivity index (χ1v) is 6.48. The normalized spacial score (nSPS) is 11.7. The van der Waals surface area contributed by atoms with Crippen LogP contribution in [0.5, 0.6) is 0 Å². The lowest BCUT2D eigenvalue weighted by atomic mass is 10.1.